The highest BCUT2D eigenvalue weighted by Gasteiger charge is 2.19. The second-order valence-corrected chi connectivity index (χ2v) is 6.96. The van der Waals surface area contributed by atoms with E-state index in [0.29, 0.717) is 11.3 Å². The predicted octanol–water partition coefficient (Wildman–Crippen LogP) is 5.23. The van der Waals surface area contributed by atoms with Crippen LogP contribution in [0.5, 0.6) is 5.75 Å². The topological polar surface area (TPSA) is 56.5 Å². The number of carbonyl (C=O) groups is 1. The van der Waals surface area contributed by atoms with Crippen molar-refractivity contribution in [2.45, 2.75) is 19.3 Å². The van der Waals surface area contributed by atoms with Crippen molar-refractivity contribution in [1.82, 2.24) is 0 Å². The van der Waals surface area contributed by atoms with Crippen LogP contribution >= 0.6 is 0 Å². The van der Waals surface area contributed by atoms with Gasteiger partial charge < -0.3 is 9.15 Å². The summed E-state index contributed by atoms with van der Waals surface area (Å²) in [4.78, 5) is 24.3. The lowest BCUT2D eigenvalue weighted by atomic mass is 9.88. The second-order valence-electron chi connectivity index (χ2n) is 6.96. The van der Waals surface area contributed by atoms with Crippen LogP contribution in [0.1, 0.15) is 29.0 Å². The van der Waals surface area contributed by atoms with E-state index in [4.69, 9.17) is 9.15 Å². The summed E-state index contributed by atoms with van der Waals surface area (Å²) in [7, 11) is 0. The van der Waals surface area contributed by atoms with Crippen LogP contribution in [0.4, 0.5) is 0 Å². The highest BCUT2D eigenvalue weighted by Crippen LogP contribution is 2.29. The van der Waals surface area contributed by atoms with E-state index >= 15 is 0 Å². The molecular formula is C25H20O4. The van der Waals surface area contributed by atoms with Gasteiger partial charge in [0.15, 0.2) is 0 Å². The van der Waals surface area contributed by atoms with Gasteiger partial charge in [0.1, 0.15) is 11.3 Å². The minimum atomic E-state index is -0.424. The fourth-order valence-corrected chi connectivity index (χ4v) is 3.51. The number of hydrogen-bond acceptors (Lipinski definition) is 4. The van der Waals surface area contributed by atoms with Gasteiger partial charge in [0.25, 0.3) is 0 Å². The number of esters is 1. The zero-order chi connectivity index (χ0) is 20.2. The Labute approximate surface area is 168 Å². The Morgan fingerprint density at radius 2 is 1.52 bits per heavy atom. The van der Waals surface area contributed by atoms with Crippen molar-refractivity contribution in [3.8, 4) is 5.75 Å². The van der Waals surface area contributed by atoms with Gasteiger partial charge in [0, 0.05) is 23.4 Å². The molecule has 0 unspecified atom stereocenters. The van der Waals surface area contributed by atoms with Gasteiger partial charge in [-0.1, -0.05) is 60.7 Å². The lowest BCUT2D eigenvalue weighted by Crippen LogP contribution is -2.14. The summed E-state index contributed by atoms with van der Waals surface area (Å²) < 4.78 is 10.8. The Morgan fingerprint density at radius 1 is 0.897 bits per heavy atom. The Balaban J connectivity index is 1.58. The Hall–Kier alpha value is -3.66. The van der Waals surface area contributed by atoms with Gasteiger partial charge in [-0.2, -0.15) is 0 Å². The van der Waals surface area contributed by atoms with Crippen LogP contribution in [-0.4, -0.2) is 5.97 Å². The van der Waals surface area contributed by atoms with Gasteiger partial charge in [0.05, 0.1) is 6.42 Å². The maximum Gasteiger partial charge on any atom is 0.336 e. The van der Waals surface area contributed by atoms with Crippen molar-refractivity contribution in [2.75, 3.05) is 0 Å². The molecule has 144 valence electrons. The molecule has 0 atom stereocenters. The molecule has 4 heteroatoms. The summed E-state index contributed by atoms with van der Waals surface area (Å²) in [5.74, 6) is -0.0984. The molecule has 1 aromatic heterocycles. The first-order valence-corrected chi connectivity index (χ1v) is 9.45. The standard InChI is InChI=1S/C25H20O4/c1-17-14-24(26)29-23-15-20(12-13-21(17)23)28-25(27)16-22(18-8-4-2-5-9-18)19-10-6-3-7-11-19/h2-15,22H,16H2,1H3. The predicted molar refractivity (Wildman–Crippen MR) is 112 cm³/mol. The molecule has 1 heterocycles. The van der Waals surface area contributed by atoms with Gasteiger partial charge in [0.2, 0.25) is 0 Å². The fraction of sp³-hybridized carbons (Fsp3) is 0.120. The highest BCUT2D eigenvalue weighted by molar-refractivity contribution is 5.82. The van der Waals surface area contributed by atoms with Crippen LogP contribution in [0.2, 0.25) is 0 Å². The smallest absolute Gasteiger partial charge is 0.336 e. The van der Waals surface area contributed by atoms with Crippen molar-refractivity contribution in [3.63, 3.8) is 0 Å². The number of ether oxygens (including phenoxy) is 1. The average Bonchev–Trinajstić information content (AvgIpc) is 2.73. The van der Waals surface area contributed by atoms with E-state index in [1.807, 2.05) is 67.6 Å². The first kappa shape index (κ1) is 18.7. The van der Waals surface area contributed by atoms with E-state index in [2.05, 4.69) is 0 Å². The Kier molecular flexibility index (Phi) is 5.25. The van der Waals surface area contributed by atoms with Crippen LogP contribution in [0.25, 0.3) is 11.0 Å². The first-order valence-electron chi connectivity index (χ1n) is 9.45. The molecule has 29 heavy (non-hydrogen) atoms. The van der Waals surface area contributed by atoms with E-state index in [-0.39, 0.29) is 18.3 Å². The van der Waals surface area contributed by atoms with E-state index < -0.39 is 5.63 Å². The Bertz CT molecular complexity index is 1150. The molecule has 0 saturated heterocycles. The largest absolute Gasteiger partial charge is 0.426 e. The van der Waals surface area contributed by atoms with E-state index in [9.17, 15) is 9.59 Å². The van der Waals surface area contributed by atoms with Crippen LogP contribution in [-0.2, 0) is 4.79 Å². The van der Waals surface area contributed by atoms with Crippen LogP contribution in [0, 0.1) is 6.92 Å². The summed E-state index contributed by atoms with van der Waals surface area (Å²) in [6.07, 6.45) is 0.198. The molecule has 0 radical (unpaired) electrons. The quantitative estimate of drug-likeness (QED) is 0.269. The summed E-state index contributed by atoms with van der Waals surface area (Å²) in [5, 5.41) is 0.816. The number of benzene rings is 3. The van der Waals surface area contributed by atoms with Crippen molar-refractivity contribution < 1.29 is 13.9 Å². The summed E-state index contributed by atoms with van der Waals surface area (Å²) in [5.41, 5.74) is 2.91. The second kappa shape index (κ2) is 8.15. The maximum atomic E-state index is 12.7. The van der Waals surface area contributed by atoms with Crippen molar-refractivity contribution in [2.24, 2.45) is 0 Å². The minimum absolute atomic E-state index is 0.106. The van der Waals surface area contributed by atoms with Gasteiger partial charge in [-0.15, -0.1) is 0 Å². The molecule has 0 aliphatic heterocycles. The molecule has 0 fully saturated rings. The molecule has 0 aliphatic rings. The summed E-state index contributed by atoms with van der Waals surface area (Å²) >= 11 is 0. The number of hydrogen-bond donors (Lipinski definition) is 0. The molecule has 0 spiro atoms. The molecule has 4 nitrogen and oxygen atoms in total. The summed E-state index contributed by atoms with van der Waals surface area (Å²) in [6.45, 7) is 1.84. The lowest BCUT2D eigenvalue weighted by Gasteiger charge is -2.17. The normalized spacial score (nSPS) is 11.0. The van der Waals surface area contributed by atoms with Gasteiger partial charge in [-0.25, -0.2) is 4.79 Å². The fourth-order valence-electron chi connectivity index (χ4n) is 3.51. The molecule has 4 rings (SSSR count). The number of carbonyl (C=O) groups excluding carboxylic acids is 1. The number of aryl methyl sites for hydroxylation is 1. The zero-order valence-corrected chi connectivity index (χ0v) is 16.0. The molecule has 4 aromatic rings. The third kappa shape index (κ3) is 4.27. The van der Waals surface area contributed by atoms with Gasteiger partial charge in [-0.05, 0) is 35.7 Å². The van der Waals surface area contributed by atoms with Crippen LogP contribution in [0.3, 0.4) is 0 Å². The zero-order valence-electron chi connectivity index (χ0n) is 16.0. The SMILES string of the molecule is Cc1cc(=O)oc2cc(OC(=O)CC(c3ccccc3)c3ccccc3)ccc12. The molecule has 0 amide bonds. The first-order chi connectivity index (χ1) is 14.1. The molecule has 0 saturated carbocycles. The molecule has 0 aliphatic carbocycles. The van der Waals surface area contributed by atoms with Crippen LogP contribution in [0.15, 0.2) is 94.1 Å². The number of rotatable bonds is 5. The summed E-state index contributed by atoms with van der Waals surface area (Å²) in [6, 6.07) is 26.3. The van der Waals surface area contributed by atoms with Crippen LogP contribution < -0.4 is 10.4 Å². The third-order valence-electron chi connectivity index (χ3n) is 4.93. The highest BCUT2D eigenvalue weighted by atomic mass is 16.5. The van der Waals surface area contributed by atoms with Crippen molar-refractivity contribution in [1.29, 1.82) is 0 Å². The molecule has 0 bridgehead atoms. The maximum absolute atomic E-state index is 12.7. The van der Waals surface area contributed by atoms with E-state index in [0.717, 1.165) is 22.1 Å². The lowest BCUT2D eigenvalue weighted by molar-refractivity contribution is -0.134. The third-order valence-corrected chi connectivity index (χ3v) is 4.93. The van der Waals surface area contributed by atoms with Gasteiger partial charge in [-0.3, -0.25) is 4.79 Å². The number of fused-ring (bicyclic) bond motifs is 1. The van der Waals surface area contributed by atoms with E-state index in [1.54, 1.807) is 18.2 Å². The monoisotopic (exact) mass is 384 g/mol. The average molecular weight is 384 g/mol. The minimum Gasteiger partial charge on any atom is -0.426 e. The van der Waals surface area contributed by atoms with Gasteiger partial charge >= 0.3 is 11.6 Å². The van der Waals surface area contributed by atoms with E-state index in [1.165, 1.54) is 6.07 Å². The molecular weight excluding hydrogens is 364 g/mol. The molecule has 3 aromatic carbocycles. The van der Waals surface area contributed by atoms with Crippen molar-refractivity contribution >= 4 is 16.9 Å². The Morgan fingerprint density at radius 3 is 2.14 bits per heavy atom. The molecule has 0 N–H and O–H groups in total. The van der Waals surface area contributed by atoms with Crippen molar-refractivity contribution in [3.05, 3.63) is 112 Å².